The maximum absolute atomic E-state index is 5.14. The third kappa shape index (κ3) is 2.63. The maximum Gasteiger partial charge on any atom is 0.180 e. The highest BCUT2D eigenvalue weighted by atomic mass is 16.3. The van der Waals surface area contributed by atoms with Gasteiger partial charge in [0.1, 0.15) is 5.76 Å². The predicted molar refractivity (Wildman–Crippen MR) is 64.4 cm³/mol. The van der Waals surface area contributed by atoms with Crippen LogP contribution in [-0.4, -0.2) is 4.98 Å². The second kappa shape index (κ2) is 4.84. The molecule has 0 radical (unpaired) electrons. The van der Waals surface area contributed by atoms with Gasteiger partial charge in [0.25, 0.3) is 0 Å². The number of anilines is 1. The molecule has 0 unspecified atom stereocenters. The molecule has 0 bridgehead atoms. The fraction of sp³-hybridized carbons (Fsp3) is 0.308. The van der Waals surface area contributed by atoms with Crippen LogP contribution in [0.5, 0.6) is 0 Å². The zero-order chi connectivity index (χ0) is 11.4. The summed E-state index contributed by atoms with van der Waals surface area (Å²) in [4.78, 5) is 3.87. The maximum atomic E-state index is 5.14. The third-order valence-corrected chi connectivity index (χ3v) is 2.53. The topological polar surface area (TPSA) is 38.1 Å². The van der Waals surface area contributed by atoms with Crippen molar-refractivity contribution in [2.45, 2.75) is 26.3 Å². The summed E-state index contributed by atoms with van der Waals surface area (Å²) in [6.07, 6.45) is 3.16. The van der Waals surface area contributed by atoms with E-state index in [1.165, 1.54) is 12.0 Å². The Morgan fingerprint density at radius 1 is 1.25 bits per heavy atom. The first kappa shape index (κ1) is 10.7. The second-order valence-corrected chi connectivity index (χ2v) is 4.10. The first-order valence-electron chi connectivity index (χ1n) is 5.47. The third-order valence-electron chi connectivity index (χ3n) is 2.53. The molecule has 16 heavy (non-hydrogen) atoms. The number of benzene rings is 1. The van der Waals surface area contributed by atoms with E-state index in [2.05, 4.69) is 48.4 Å². The highest BCUT2D eigenvalue weighted by Gasteiger charge is 1.99. The van der Waals surface area contributed by atoms with Crippen LogP contribution in [0.15, 0.2) is 41.3 Å². The van der Waals surface area contributed by atoms with Crippen LogP contribution < -0.4 is 5.32 Å². The molecule has 0 saturated heterocycles. The standard InChI is InChI=1S/C13H16N2O/c1-10(2)11-3-5-12(6-4-11)15-8-13-7-14-9-16-13/h3-7,9-10,15H,8H2,1-2H3. The van der Waals surface area contributed by atoms with Gasteiger partial charge in [-0.25, -0.2) is 4.98 Å². The quantitative estimate of drug-likeness (QED) is 0.851. The average Bonchev–Trinajstić information content (AvgIpc) is 2.80. The van der Waals surface area contributed by atoms with Gasteiger partial charge in [0.05, 0.1) is 12.7 Å². The SMILES string of the molecule is CC(C)c1ccc(NCc2cnco2)cc1. The average molecular weight is 216 g/mol. The van der Waals surface area contributed by atoms with Crippen molar-refractivity contribution < 1.29 is 4.42 Å². The highest BCUT2D eigenvalue weighted by Crippen LogP contribution is 2.17. The molecule has 84 valence electrons. The van der Waals surface area contributed by atoms with Crippen LogP contribution >= 0.6 is 0 Å². The van der Waals surface area contributed by atoms with Gasteiger partial charge in [-0.05, 0) is 23.6 Å². The molecule has 0 fully saturated rings. The first-order valence-corrected chi connectivity index (χ1v) is 5.47. The van der Waals surface area contributed by atoms with E-state index in [0.29, 0.717) is 12.5 Å². The van der Waals surface area contributed by atoms with Crippen LogP contribution in [-0.2, 0) is 6.54 Å². The Hall–Kier alpha value is -1.77. The van der Waals surface area contributed by atoms with E-state index in [-0.39, 0.29) is 0 Å². The smallest absolute Gasteiger partial charge is 0.180 e. The number of nitrogens with zero attached hydrogens (tertiary/aromatic N) is 1. The van der Waals surface area contributed by atoms with E-state index in [0.717, 1.165) is 11.4 Å². The Morgan fingerprint density at radius 2 is 2.00 bits per heavy atom. The fourth-order valence-corrected chi connectivity index (χ4v) is 1.50. The highest BCUT2D eigenvalue weighted by molar-refractivity contribution is 5.45. The summed E-state index contributed by atoms with van der Waals surface area (Å²) >= 11 is 0. The van der Waals surface area contributed by atoms with Crippen molar-refractivity contribution in [3.63, 3.8) is 0 Å². The Kier molecular flexibility index (Phi) is 3.25. The van der Waals surface area contributed by atoms with Crippen LogP contribution in [0.4, 0.5) is 5.69 Å². The van der Waals surface area contributed by atoms with E-state index in [1.807, 2.05) is 0 Å². The minimum absolute atomic E-state index is 0.573. The summed E-state index contributed by atoms with van der Waals surface area (Å²) in [6.45, 7) is 5.05. The number of hydrogen-bond donors (Lipinski definition) is 1. The number of hydrogen-bond acceptors (Lipinski definition) is 3. The second-order valence-electron chi connectivity index (χ2n) is 4.10. The van der Waals surface area contributed by atoms with Crippen molar-refractivity contribution in [1.29, 1.82) is 0 Å². The molecule has 3 nitrogen and oxygen atoms in total. The molecule has 3 heteroatoms. The van der Waals surface area contributed by atoms with Crippen molar-refractivity contribution >= 4 is 5.69 Å². The lowest BCUT2D eigenvalue weighted by Crippen LogP contribution is -1.98. The van der Waals surface area contributed by atoms with Crippen LogP contribution in [0.2, 0.25) is 0 Å². The van der Waals surface area contributed by atoms with Crippen LogP contribution in [0.1, 0.15) is 31.1 Å². The van der Waals surface area contributed by atoms with Gasteiger partial charge >= 0.3 is 0 Å². The molecule has 1 aromatic heterocycles. The van der Waals surface area contributed by atoms with E-state index >= 15 is 0 Å². The van der Waals surface area contributed by atoms with Gasteiger partial charge in [0, 0.05) is 5.69 Å². The summed E-state index contributed by atoms with van der Waals surface area (Å²) in [5.41, 5.74) is 2.45. The minimum atomic E-state index is 0.573. The predicted octanol–water partition coefficient (Wildman–Crippen LogP) is 3.41. The molecule has 2 aromatic rings. The van der Waals surface area contributed by atoms with Gasteiger partial charge in [-0.3, -0.25) is 0 Å². The molecule has 1 N–H and O–H groups in total. The van der Waals surface area contributed by atoms with Crippen molar-refractivity contribution in [3.8, 4) is 0 Å². The zero-order valence-electron chi connectivity index (χ0n) is 9.60. The summed E-state index contributed by atoms with van der Waals surface area (Å²) in [7, 11) is 0. The lowest BCUT2D eigenvalue weighted by molar-refractivity contribution is 0.512. The van der Waals surface area contributed by atoms with Crippen molar-refractivity contribution in [3.05, 3.63) is 48.2 Å². The van der Waals surface area contributed by atoms with Crippen LogP contribution in [0.25, 0.3) is 0 Å². The number of rotatable bonds is 4. The summed E-state index contributed by atoms with van der Waals surface area (Å²) in [5.74, 6) is 1.41. The molecule has 0 aliphatic rings. The molecule has 1 heterocycles. The van der Waals surface area contributed by atoms with E-state index in [4.69, 9.17) is 4.42 Å². The van der Waals surface area contributed by atoms with Gasteiger partial charge in [0.2, 0.25) is 0 Å². The molecule has 0 amide bonds. The molecule has 0 saturated carbocycles. The molecule has 0 aliphatic heterocycles. The summed E-state index contributed by atoms with van der Waals surface area (Å²) < 4.78 is 5.14. The van der Waals surface area contributed by atoms with Crippen molar-refractivity contribution in [1.82, 2.24) is 4.98 Å². The number of aromatic nitrogens is 1. The Bertz CT molecular complexity index is 418. The number of nitrogens with one attached hydrogen (secondary N) is 1. The van der Waals surface area contributed by atoms with Gasteiger partial charge < -0.3 is 9.73 Å². The van der Waals surface area contributed by atoms with E-state index < -0.39 is 0 Å². The largest absolute Gasteiger partial charge is 0.447 e. The molecular formula is C13H16N2O. The first-order chi connectivity index (χ1) is 7.75. The van der Waals surface area contributed by atoms with Crippen LogP contribution in [0, 0.1) is 0 Å². The van der Waals surface area contributed by atoms with Crippen molar-refractivity contribution in [2.75, 3.05) is 5.32 Å². The van der Waals surface area contributed by atoms with E-state index in [9.17, 15) is 0 Å². The van der Waals surface area contributed by atoms with Gasteiger partial charge in [-0.2, -0.15) is 0 Å². The summed E-state index contributed by atoms with van der Waals surface area (Å²) in [6, 6.07) is 8.47. The van der Waals surface area contributed by atoms with Gasteiger partial charge in [-0.15, -0.1) is 0 Å². The lowest BCUT2D eigenvalue weighted by atomic mass is 10.0. The molecular weight excluding hydrogens is 200 g/mol. The molecule has 0 spiro atoms. The molecule has 0 atom stereocenters. The normalized spacial score (nSPS) is 10.7. The zero-order valence-corrected chi connectivity index (χ0v) is 9.60. The molecule has 0 aliphatic carbocycles. The minimum Gasteiger partial charge on any atom is -0.447 e. The molecule has 2 rings (SSSR count). The Balaban J connectivity index is 1.95. The monoisotopic (exact) mass is 216 g/mol. The van der Waals surface area contributed by atoms with Gasteiger partial charge in [0.15, 0.2) is 6.39 Å². The fourth-order valence-electron chi connectivity index (χ4n) is 1.50. The van der Waals surface area contributed by atoms with Gasteiger partial charge in [-0.1, -0.05) is 26.0 Å². The van der Waals surface area contributed by atoms with Crippen molar-refractivity contribution in [2.24, 2.45) is 0 Å². The Labute approximate surface area is 95.5 Å². The number of oxazole rings is 1. The summed E-state index contributed by atoms with van der Waals surface area (Å²) in [5, 5.41) is 3.28. The van der Waals surface area contributed by atoms with Crippen LogP contribution in [0.3, 0.4) is 0 Å². The molecule has 1 aromatic carbocycles. The van der Waals surface area contributed by atoms with E-state index in [1.54, 1.807) is 6.20 Å². The Morgan fingerprint density at radius 3 is 2.56 bits per heavy atom. The lowest BCUT2D eigenvalue weighted by Gasteiger charge is -2.07.